The number of pyridine rings is 1. The van der Waals surface area contributed by atoms with Crippen molar-refractivity contribution in [3.63, 3.8) is 0 Å². The van der Waals surface area contributed by atoms with E-state index >= 15 is 0 Å². The third-order valence-corrected chi connectivity index (χ3v) is 4.32. The van der Waals surface area contributed by atoms with Gasteiger partial charge in [0.25, 0.3) is 0 Å². The van der Waals surface area contributed by atoms with Gasteiger partial charge in [-0.25, -0.2) is 0 Å². The van der Waals surface area contributed by atoms with Crippen LogP contribution in [0.1, 0.15) is 30.2 Å². The van der Waals surface area contributed by atoms with E-state index in [1.165, 1.54) is 17.7 Å². The van der Waals surface area contributed by atoms with E-state index < -0.39 is 0 Å². The topological polar surface area (TPSA) is 42.2 Å². The lowest BCUT2D eigenvalue weighted by Gasteiger charge is -2.37. The van der Waals surface area contributed by atoms with Crippen LogP contribution in [-0.2, 0) is 13.0 Å². The highest BCUT2D eigenvalue weighted by molar-refractivity contribution is 7.80. The SMILES string of the molecule is CC1CCc2ccccc2N1Cc1cccnc1C(N)=S. The van der Waals surface area contributed by atoms with Crippen LogP contribution in [0, 0.1) is 0 Å². The first-order valence-electron chi connectivity index (χ1n) is 7.25. The molecule has 0 spiro atoms. The molecule has 3 rings (SSSR count). The zero-order valence-electron chi connectivity index (χ0n) is 12.1. The summed E-state index contributed by atoms with van der Waals surface area (Å²) in [4.78, 5) is 7.12. The van der Waals surface area contributed by atoms with Gasteiger partial charge in [0.1, 0.15) is 10.7 Å². The van der Waals surface area contributed by atoms with Crippen LogP contribution in [0.4, 0.5) is 5.69 Å². The van der Waals surface area contributed by atoms with Crippen LogP contribution < -0.4 is 10.6 Å². The van der Waals surface area contributed by atoms with Crippen molar-refractivity contribution in [3.05, 3.63) is 59.4 Å². The number of hydrogen-bond donors (Lipinski definition) is 1. The first kappa shape index (κ1) is 14.0. The Bertz CT molecular complexity index is 669. The molecular formula is C17H19N3S. The molecule has 4 heteroatoms. The van der Waals surface area contributed by atoms with Gasteiger partial charge in [-0.3, -0.25) is 4.98 Å². The standard InChI is InChI=1S/C17H19N3S/c1-12-8-9-13-5-2-3-7-15(13)20(12)11-14-6-4-10-19-16(14)17(18)21/h2-7,10,12H,8-9,11H2,1H3,(H2,18,21). The second-order valence-electron chi connectivity index (χ2n) is 5.52. The van der Waals surface area contributed by atoms with E-state index in [0.29, 0.717) is 11.0 Å². The van der Waals surface area contributed by atoms with E-state index in [0.717, 1.165) is 24.2 Å². The van der Waals surface area contributed by atoms with Crippen molar-refractivity contribution in [3.8, 4) is 0 Å². The first-order valence-corrected chi connectivity index (χ1v) is 7.66. The van der Waals surface area contributed by atoms with E-state index in [1.54, 1.807) is 6.20 Å². The molecule has 1 aliphatic rings. The third-order valence-electron chi connectivity index (χ3n) is 4.13. The number of hydrogen-bond acceptors (Lipinski definition) is 3. The molecule has 0 saturated heterocycles. The molecule has 21 heavy (non-hydrogen) atoms. The number of fused-ring (bicyclic) bond motifs is 1. The van der Waals surface area contributed by atoms with Gasteiger partial charge in [0.05, 0.1) is 0 Å². The minimum Gasteiger partial charge on any atom is -0.388 e. The minimum atomic E-state index is 0.364. The molecule has 2 heterocycles. The second kappa shape index (κ2) is 5.82. The number of anilines is 1. The summed E-state index contributed by atoms with van der Waals surface area (Å²) < 4.78 is 0. The lowest BCUT2D eigenvalue weighted by Crippen LogP contribution is -2.37. The molecule has 1 aromatic heterocycles. The van der Waals surface area contributed by atoms with E-state index in [-0.39, 0.29) is 0 Å². The Morgan fingerprint density at radius 2 is 2.14 bits per heavy atom. The van der Waals surface area contributed by atoms with Crippen LogP contribution in [0.5, 0.6) is 0 Å². The summed E-state index contributed by atoms with van der Waals surface area (Å²) in [6.45, 7) is 3.06. The van der Waals surface area contributed by atoms with E-state index in [1.807, 2.05) is 6.07 Å². The molecule has 1 aliphatic heterocycles. The summed E-state index contributed by atoms with van der Waals surface area (Å²) in [6.07, 6.45) is 4.05. The molecule has 2 N–H and O–H groups in total. The van der Waals surface area contributed by atoms with Crippen LogP contribution >= 0.6 is 12.2 Å². The Labute approximate surface area is 130 Å². The maximum atomic E-state index is 5.80. The van der Waals surface area contributed by atoms with Gasteiger partial charge < -0.3 is 10.6 Å². The zero-order chi connectivity index (χ0) is 14.8. The Hall–Kier alpha value is -1.94. The molecule has 0 saturated carbocycles. The Morgan fingerprint density at radius 1 is 1.33 bits per heavy atom. The quantitative estimate of drug-likeness (QED) is 0.884. The minimum absolute atomic E-state index is 0.364. The van der Waals surface area contributed by atoms with Gasteiger partial charge in [0.2, 0.25) is 0 Å². The maximum Gasteiger partial charge on any atom is 0.123 e. The molecule has 1 atom stereocenters. The van der Waals surface area contributed by atoms with Gasteiger partial charge in [-0.15, -0.1) is 0 Å². The zero-order valence-corrected chi connectivity index (χ0v) is 12.9. The van der Waals surface area contributed by atoms with Gasteiger partial charge in [0.15, 0.2) is 0 Å². The number of benzene rings is 1. The molecular weight excluding hydrogens is 278 g/mol. The van der Waals surface area contributed by atoms with Crippen molar-refractivity contribution in [1.29, 1.82) is 0 Å². The summed E-state index contributed by atoms with van der Waals surface area (Å²) in [5.74, 6) is 0. The van der Waals surface area contributed by atoms with Gasteiger partial charge in [-0.2, -0.15) is 0 Å². The van der Waals surface area contributed by atoms with Crippen molar-refractivity contribution in [2.24, 2.45) is 5.73 Å². The number of aromatic nitrogens is 1. The summed E-state index contributed by atoms with van der Waals surface area (Å²) in [6, 6.07) is 13.1. The maximum absolute atomic E-state index is 5.80. The molecule has 108 valence electrons. The van der Waals surface area contributed by atoms with E-state index in [9.17, 15) is 0 Å². The lowest BCUT2D eigenvalue weighted by molar-refractivity contribution is 0.559. The Morgan fingerprint density at radius 3 is 2.95 bits per heavy atom. The average molecular weight is 297 g/mol. The van der Waals surface area contributed by atoms with Crippen LogP contribution in [0.3, 0.4) is 0 Å². The largest absolute Gasteiger partial charge is 0.388 e. The van der Waals surface area contributed by atoms with Gasteiger partial charge in [0, 0.05) is 30.0 Å². The molecule has 0 bridgehead atoms. The van der Waals surface area contributed by atoms with Crippen molar-refractivity contribution >= 4 is 22.9 Å². The van der Waals surface area contributed by atoms with Crippen molar-refractivity contribution < 1.29 is 0 Å². The molecule has 1 unspecified atom stereocenters. The fraction of sp³-hybridized carbons (Fsp3) is 0.294. The Balaban J connectivity index is 1.97. The fourth-order valence-electron chi connectivity index (χ4n) is 2.97. The summed E-state index contributed by atoms with van der Waals surface area (Å²) in [5.41, 5.74) is 10.4. The smallest absolute Gasteiger partial charge is 0.123 e. The van der Waals surface area contributed by atoms with Crippen LogP contribution in [0.25, 0.3) is 0 Å². The third kappa shape index (κ3) is 2.76. The second-order valence-corrected chi connectivity index (χ2v) is 5.96. The first-order chi connectivity index (χ1) is 10.2. The van der Waals surface area contributed by atoms with Crippen LogP contribution in [-0.4, -0.2) is 16.0 Å². The average Bonchev–Trinajstić information content (AvgIpc) is 2.50. The number of nitrogens with zero attached hydrogens (tertiary/aromatic N) is 2. The predicted octanol–water partition coefficient (Wildman–Crippen LogP) is 3.06. The van der Waals surface area contributed by atoms with Crippen molar-refractivity contribution in [2.45, 2.75) is 32.4 Å². The van der Waals surface area contributed by atoms with Crippen molar-refractivity contribution in [2.75, 3.05) is 4.90 Å². The highest BCUT2D eigenvalue weighted by Crippen LogP contribution is 2.31. The van der Waals surface area contributed by atoms with Gasteiger partial charge in [-0.05, 0) is 37.5 Å². The lowest BCUT2D eigenvalue weighted by atomic mass is 9.96. The normalized spacial score (nSPS) is 17.4. The number of para-hydroxylation sites is 1. The number of aryl methyl sites for hydroxylation is 1. The number of thiocarbonyl (C=S) groups is 1. The van der Waals surface area contributed by atoms with Crippen molar-refractivity contribution in [1.82, 2.24) is 4.98 Å². The molecule has 0 aliphatic carbocycles. The summed E-state index contributed by atoms with van der Waals surface area (Å²) >= 11 is 5.12. The molecule has 0 radical (unpaired) electrons. The predicted molar refractivity (Wildman–Crippen MR) is 90.5 cm³/mol. The summed E-state index contributed by atoms with van der Waals surface area (Å²) in [7, 11) is 0. The highest BCUT2D eigenvalue weighted by atomic mass is 32.1. The van der Waals surface area contributed by atoms with Gasteiger partial charge in [-0.1, -0.05) is 36.5 Å². The number of nitrogens with two attached hydrogens (primary N) is 1. The fourth-order valence-corrected chi connectivity index (χ4v) is 3.16. The van der Waals surface area contributed by atoms with Crippen LogP contribution in [0.2, 0.25) is 0 Å². The highest BCUT2D eigenvalue weighted by Gasteiger charge is 2.23. The number of rotatable bonds is 3. The molecule has 2 aromatic rings. The van der Waals surface area contributed by atoms with Gasteiger partial charge >= 0.3 is 0 Å². The van der Waals surface area contributed by atoms with E-state index in [4.69, 9.17) is 18.0 Å². The summed E-state index contributed by atoms with van der Waals surface area (Å²) in [5, 5.41) is 0. The van der Waals surface area contributed by atoms with Crippen LogP contribution in [0.15, 0.2) is 42.6 Å². The Kier molecular flexibility index (Phi) is 3.88. The van der Waals surface area contributed by atoms with E-state index in [2.05, 4.69) is 47.1 Å². The molecule has 0 amide bonds. The molecule has 1 aromatic carbocycles. The molecule has 0 fully saturated rings. The molecule has 3 nitrogen and oxygen atoms in total. The monoisotopic (exact) mass is 297 g/mol.